The van der Waals surface area contributed by atoms with Gasteiger partial charge in [-0.1, -0.05) is 179 Å². The molecule has 7 aromatic carbocycles. The Labute approximate surface area is 366 Å². The van der Waals surface area contributed by atoms with Crippen LogP contribution in [0.3, 0.4) is 0 Å². The summed E-state index contributed by atoms with van der Waals surface area (Å²) in [6, 6.07) is 58.1. The van der Waals surface area contributed by atoms with E-state index in [2.05, 4.69) is 245 Å². The molecule has 0 amide bonds. The van der Waals surface area contributed by atoms with E-state index >= 15 is 0 Å². The number of aryl methyl sites for hydroxylation is 1. The summed E-state index contributed by atoms with van der Waals surface area (Å²) >= 11 is 0. The number of hydrogen-bond donors (Lipinski definition) is 0. The number of hydrogen-bond acceptors (Lipinski definition) is 2. The van der Waals surface area contributed by atoms with Crippen molar-refractivity contribution in [3.05, 3.63) is 185 Å². The SMILES string of the molecule is Cc1cc2c3c(c1)N(c1ccc(C(C)(C)c4ccccc4)cc1-c1ccccc1)c1cc(C(C)(C)C)ccc1B3c1cc(C(C)(C)C)ccc1N2c1ccc(C(C)(C)C)cc1. The fraction of sp³-hybridized carbons (Fsp3) is 0.276. The summed E-state index contributed by atoms with van der Waals surface area (Å²) in [6.45, 7) is 27.9. The Bertz CT molecular complexity index is 2780. The number of anilines is 6. The van der Waals surface area contributed by atoms with Crippen molar-refractivity contribution < 1.29 is 0 Å². The van der Waals surface area contributed by atoms with Gasteiger partial charge < -0.3 is 9.80 Å². The molecule has 0 aliphatic carbocycles. The molecule has 0 N–H and O–H groups in total. The van der Waals surface area contributed by atoms with E-state index in [0.717, 1.165) is 0 Å². The average Bonchev–Trinajstić information content (AvgIpc) is 3.22. The van der Waals surface area contributed by atoms with E-state index in [1.807, 2.05) is 0 Å². The van der Waals surface area contributed by atoms with Gasteiger partial charge in [-0.3, -0.25) is 0 Å². The molecule has 0 saturated heterocycles. The normalized spacial score (nSPS) is 13.8. The molecular formula is C58H61BN2. The molecule has 2 nitrogen and oxygen atoms in total. The van der Waals surface area contributed by atoms with E-state index in [1.165, 1.54) is 95.0 Å². The molecule has 306 valence electrons. The van der Waals surface area contributed by atoms with Crippen molar-refractivity contribution in [2.45, 2.75) is 105 Å². The van der Waals surface area contributed by atoms with E-state index in [9.17, 15) is 0 Å². The van der Waals surface area contributed by atoms with Crippen LogP contribution < -0.4 is 26.2 Å². The highest BCUT2D eigenvalue weighted by Crippen LogP contribution is 2.49. The zero-order valence-electron chi connectivity index (χ0n) is 38.4. The van der Waals surface area contributed by atoms with Gasteiger partial charge in [-0.15, -0.1) is 0 Å². The Morgan fingerprint density at radius 2 is 0.902 bits per heavy atom. The third kappa shape index (κ3) is 7.01. The van der Waals surface area contributed by atoms with Gasteiger partial charge in [-0.25, -0.2) is 0 Å². The molecule has 0 spiro atoms. The fourth-order valence-corrected chi connectivity index (χ4v) is 9.71. The summed E-state index contributed by atoms with van der Waals surface area (Å²) in [4.78, 5) is 5.17. The zero-order chi connectivity index (χ0) is 43.2. The first kappa shape index (κ1) is 40.6. The van der Waals surface area contributed by atoms with Crippen LogP contribution in [0.25, 0.3) is 11.1 Å². The second-order valence-corrected chi connectivity index (χ2v) is 21.3. The van der Waals surface area contributed by atoms with Gasteiger partial charge in [0.2, 0.25) is 0 Å². The molecule has 3 heteroatoms. The van der Waals surface area contributed by atoms with Gasteiger partial charge in [0.05, 0.1) is 5.69 Å². The summed E-state index contributed by atoms with van der Waals surface area (Å²) in [5, 5.41) is 0. The maximum atomic E-state index is 2.62. The molecule has 0 atom stereocenters. The molecular weight excluding hydrogens is 735 g/mol. The van der Waals surface area contributed by atoms with Crippen LogP contribution in [-0.4, -0.2) is 6.71 Å². The van der Waals surface area contributed by atoms with Crippen molar-refractivity contribution in [2.24, 2.45) is 0 Å². The standard InChI is InChI=1S/C58H61BN2/c1-38-33-52-54-53(34-38)61(49-31-27-44(35-46(49)39-19-15-13-16-20-39)58(11,12)41-21-17-14-18-22-41)51-37-43(57(8,9)10)25-30-47(51)59(54)48-36-42(56(5,6)7)26-32-50(48)60(52)45-28-23-40(24-29-45)55(2,3)4/h13-37H,1-12H3. The van der Waals surface area contributed by atoms with Crippen LogP contribution in [-0.2, 0) is 21.7 Å². The molecule has 9 rings (SSSR count). The predicted octanol–water partition coefficient (Wildman–Crippen LogP) is 14.0. The molecule has 2 aliphatic rings. The van der Waals surface area contributed by atoms with Crippen molar-refractivity contribution in [2.75, 3.05) is 9.80 Å². The average molecular weight is 797 g/mol. The topological polar surface area (TPSA) is 6.48 Å². The van der Waals surface area contributed by atoms with Crippen molar-refractivity contribution in [3.8, 4) is 11.1 Å². The van der Waals surface area contributed by atoms with E-state index < -0.39 is 0 Å². The molecule has 61 heavy (non-hydrogen) atoms. The van der Waals surface area contributed by atoms with Gasteiger partial charge in [0, 0.05) is 39.4 Å². The Morgan fingerprint density at radius 3 is 1.52 bits per heavy atom. The first-order valence-corrected chi connectivity index (χ1v) is 22.2. The largest absolute Gasteiger partial charge is 0.311 e. The van der Waals surface area contributed by atoms with Gasteiger partial charge in [-0.2, -0.15) is 0 Å². The first-order valence-electron chi connectivity index (χ1n) is 22.2. The van der Waals surface area contributed by atoms with E-state index in [0.29, 0.717) is 0 Å². The van der Waals surface area contributed by atoms with E-state index in [-0.39, 0.29) is 28.4 Å². The first-order chi connectivity index (χ1) is 28.8. The third-order valence-electron chi connectivity index (χ3n) is 13.5. The fourth-order valence-electron chi connectivity index (χ4n) is 9.71. The molecule has 0 unspecified atom stereocenters. The number of nitrogens with zero attached hydrogens (tertiary/aromatic N) is 2. The number of fused-ring (bicyclic) bond motifs is 4. The molecule has 7 aromatic rings. The van der Waals surface area contributed by atoms with Gasteiger partial charge in [-0.05, 0) is 127 Å². The lowest BCUT2D eigenvalue weighted by Gasteiger charge is -2.45. The Balaban J connectivity index is 1.37. The highest BCUT2D eigenvalue weighted by molar-refractivity contribution is 7.00. The van der Waals surface area contributed by atoms with Crippen LogP contribution in [0.5, 0.6) is 0 Å². The second-order valence-electron chi connectivity index (χ2n) is 21.3. The lowest BCUT2D eigenvalue weighted by Crippen LogP contribution is -2.61. The van der Waals surface area contributed by atoms with Crippen LogP contribution in [0.2, 0.25) is 0 Å². The Morgan fingerprint density at radius 1 is 0.377 bits per heavy atom. The Kier molecular flexibility index (Phi) is 9.59. The smallest absolute Gasteiger partial charge is 0.252 e. The summed E-state index contributed by atoms with van der Waals surface area (Å²) in [5.41, 5.74) is 21.5. The molecule has 0 bridgehead atoms. The van der Waals surface area contributed by atoms with Crippen LogP contribution in [0, 0.1) is 6.92 Å². The minimum Gasteiger partial charge on any atom is -0.311 e. The number of benzene rings is 7. The van der Waals surface area contributed by atoms with Crippen molar-refractivity contribution in [1.29, 1.82) is 0 Å². The summed E-state index contributed by atoms with van der Waals surface area (Å²) < 4.78 is 0. The monoisotopic (exact) mass is 796 g/mol. The van der Waals surface area contributed by atoms with Crippen molar-refractivity contribution in [1.82, 2.24) is 0 Å². The highest BCUT2D eigenvalue weighted by atomic mass is 15.2. The minimum absolute atomic E-state index is 0.00984. The maximum absolute atomic E-state index is 2.62. The van der Waals surface area contributed by atoms with Gasteiger partial charge in [0.25, 0.3) is 6.71 Å². The van der Waals surface area contributed by atoms with Gasteiger partial charge >= 0.3 is 0 Å². The van der Waals surface area contributed by atoms with Crippen molar-refractivity contribution in [3.63, 3.8) is 0 Å². The predicted molar refractivity (Wildman–Crippen MR) is 265 cm³/mol. The second kappa shape index (κ2) is 14.4. The van der Waals surface area contributed by atoms with Crippen molar-refractivity contribution >= 4 is 57.2 Å². The number of rotatable bonds is 5. The molecule has 0 aromatic heterocycles. The van der Waals surface area contributed by atoms with Crippen LogP contribution in [0.15, 0.2) is 152 Å². The maximum Gasteiger partial charge on any atom is 0.252 e. The summed E-state index contributed by atoms with van der Waals surface area (Å²) in [6.07, 6.45) is 0. The van der Waals surface area contributed by atoms with Gasteiger partial charge in [0.15, 0.2) is 0 Å². The van der Waals surface area contributed by atoms with Crippen LogP contribution in [0.4, 0.5) is 34.1 Å². The Hall–Kier alpha value is -5.80. The lowest BCUT2D eigenvalue weighted by atomic mass is 9.33. The molecule has 2 aliphatic heterocycles. The molecule has 2 heterocycles. The lowest BCUT2D eigenvalue weighted by molar-refractivity contribution is 0.590. The highest BCUT2D eigenvalue weighted by Gasteiger charge is 2.44. The third-order valence-corrected chi connectivity index (χ3v) is 13.5. The minimum atomic E-state index is -0.201. The zero-order valence-corrected chi connectivity index (χ0v) is 38.4. The quantitative estimate of drug-likeness (QED) is 0.160. The summed E-state index contributed by atoms with van der Waals surface area (Å²) in [5.74, 6) is 0. The van der Waals surface area contributed by atoms with Crippen LogP contribution in [0.1, 0.15) is 110 Å². The van der Waals surface area contributed by atoms with E-state index in [4.69, 9.17) is 0 Å². The van der Waals surface area contributed by atoms with Crippen LogP contribution >= 0.6 is 0 Å². The van der Waals surface area contributed by atoms with Gasteiger partial charge in [0.1, 0.15) is 0 Å². The summed E-state index contributed by atoms with van der Waals surface area (Å²) in [7, 11) is 0. The molecule has 0 fully saturated rings. The molecule has 0 saturated carbocycles. The van der Waals surface area contributed by atoms with E-state index in [1.54, 1.807) is 0 Å². The molecule has 0 radical (unpaired) electrons.